The zero-order valence-electron chi connectivity index (χ0n) is 11.7. The molecular formula is C16H13BrN2O3. The van der Waals surface area contributed by atoms with Crippen molar-refractivity contribution in [1.82, 2.24) is 0 Å². The van der Waals surface area contributed by atoms with Crippen LogP contribution >= 0.6 is 15.9 Å². The van der Waals surface area contributed by atoms with Crippen molar-refractivity contribution in [2.75, 3.05) is 5.32 Å². The molecule has 0 heterocycles. The second-order valence-corrected chi connectivity index (χ2v) is 5.47. The van der Waals surface area contributed by atoms with Gasteiger partial charge < -0.3 is 5.32 Å². The summed E-state index contributed by atoms with van der Waals surface area (Å²) in [5.41, 5.74) is 1.91. The Bertz CT molecular complexity index is 742. The van der Waals surface area contributed by atoms with E-state index in [0.29, 0.717) is 15.7 Å². The van der Waals surface area contributed by atoms with Gasteiger partial charge in [-0.1, -0.05) is 30.3 Å². The summed E-state index contributed by atoms with van der Waals surface area (Å²) in [6.07, 6.45) is 1.77. The van der Waals surface area contributed by atoms with Gasteiger partial charge in [-0.2, -0.15) is 0 Å². The van der Waals surface area contributed by atoms with Crippen LogP contribution in [0.1, 0.15) is 12.5 Å². The highest BCUT2D eigenvalue weighted by Gasteiger charge is 2.12. The molecule has 1 N–H and O–H groups in total. The van der Waals surface area contributed by atoms with E-state index in [9.17, 15) is 14.9 Å². The fourth-order valence-corrected chi connectivity index (χ4v) is 2.27. The highest BCUT2D eigenvalue weighted by molar-refractivity contribution is 9.10. The van der Waals surface area contributed by atoms with E-state index in [0.717, 1.165) is 5.56 Å². The number of halogens is 1. The van der Waals surface area contributed by atoms with Crippen molar-refractivity contribution in [1.29, 1.82) is 0 Å². The van der Waals surface area contributed by atoms with Crippen LogP contribution in [0.5, 0.6) is 0 Å². The summed E-state index contributed by atoms with van der Waals surface area (Å²) >= 11 is 3.22. The largest absolute Gasteiger partial charge is 0.321 e. The Labute approximate surface area is 135 Å². The predicted molar refractivity (Wildman–Crippen MR) is 89.5 cm³/mol. The normalized spacial score (nSPS) is 11.1. The van der Waals surface area contributed by atoms with Crippen LogP contribution in [0.2, 0.25) is 0 Å². The molecule has 1 amide bonds. The minimum Gasteiger partial charge on any atom is -0.321 e. The zero-order chi connectivity index (χ0) is 16.1. The summed E-state index contributed by atoms with van der Waals surface area (Å²) < 4.78 is 0.461. The van der Waals surface area contributed by atoms with Crippen LogP contribution in [0.15, 0.2) is 58.6 Å². The van der Waals surface area contributed by atoms with E-state index in [4.69, 9.17) is 0 Å². The third kappa shape index (κ3) is 4.02. The number of hydrogen-bond donors (Lipinski definition) is 1. The topological polar surface area (TPSA) is 72.2 Å². The molecule has 0 aliphatic heterocycles. The molecule has 5 nitrogen and oxygen atoms in total. The van der Waals surface area contributed by atoms with Crippen molar-refractivity contribution in [3.63, 3.8) is 0 Å². The smallest absolute Gasteiger partial charge is 0.270 e. The van der Waals surface area contributed by atoms with Gasteiger partial charge >= 0.3 is 0 Å². The average Bonchev–Trinajstić information content (AvgIpc) is 2.50. The van der Waals surface area contributed by atoms with E-state index in [1.807, 2.05) is 30.3 Å². The van der Waals surface area contributed by atoms with E-state index in [-0.39, 0.29) is 11.6 Å². The first-order chi connectivity index (χ1) is 10.5. The van der Waals surface area contributed by atoms with Gasteiger partial charge in [-0.05, 0) is 40.6 Å². The Kier molecular flexibility index (Phi) is 5.06. The summed E-state index contributed by atoms with van der Waals surface area (Å²) in [6.45, 7) is 1.71. The van der Waals surface area contributed by atoms with Gasteiger partial charge in [0.05, 0.1) is 10.6 Å². The van der Waals surface area contributed by atoms with E-state index in [2.05, 4.69) is 21.2 Å². The molecule has 2 aromatic rings. The molecule has 0 radical (unpaired) electrons. The lowest BCUT2D eigenvalue weighted by atomic mass is 10.1. The SMILES string of the molecule is C/C(=C/c1ccccc1)C(=O)Nc1ccc([N+](=O)[O-])cc1Br. The molecule has 0 aliphatic carbocycles. The summed E-state index contributed by atoms with van der Waals surface area (Å²) in [6, 6.07) is 13.7. The summed E-state index contributed by atoms with van der Waals surface area (Å²) in [5, 5.41) is 13.4. The number of benzene rings is 2. The lowest BCUT2D eigenvalue weighted by molar-refractivity contribution is -0.384. The Morgan fingerprint density at radius 1 is 1.23 bits per heavy atom. The van der Waals surface area contributed by atoms with Crippen LogP contribution in [0.3, 0.4) is 0 Å². The molecule has 0 saturated carbocycles. The van der Waals surface area contributed by atoms with Gasteiger partial charge in [-0.25, -0.2) is 0 Å². The Hall–Kier alpha value is -2.47. The first-order valence-corrected chi connectivity index (χ1v) is 7.25. The lowest BCUT2D eigenvalue weighted by Crippen LogP contribution is -2.13. The molecule has 0 aliphatic rings. The second-order valence-electron chi connectivity index (χ2n) is 4.61. The second kappa shape index (κ2) is 7.00. The first kappa shape index (κ1) is 15.9. The van der Waals surface area contributed by atoms with Crippen molar-refractivity contribution in [2.45, 2.75) is 6.92 Å². The summed E-state index contributed by atoms with van der Waals surface area (Å²) in [4.78, 5) is 22.4. The molecule has 22 heavy (non-hydrogen) atoms. The molecule has 0 spiro atoms. The number of carbonyl (C=O) groups excluding carboxylic acids is 1. The van der Waals surface area contributed by atoms with Crippen molar-refractivity contribution < 1.29 is 9.72 Å². The van der Waals surface area contributed by atoms with E-state index < -0.39 is 4.92 Å². The van der Waals surface area contributed by atoms with Crippen molar-refractivity contribution >= 4 is 39.3 Å². The van der Waals surface area contributed by atoms with Crippen molar-refractivity contribution in [3.8, 4) is 0 Å². The average molecular weight is 361 g/mol. The Balaban J connectivity index is 2.15. The van der Waals surface area contributed by atoms with Crippen LogP contribution in [-0.2, 0) is 4.79 Å². The van der Waals surface area contributed by atoms with Gasteiger partial charge in [-0.3, -0.25) is 14.9 Å². The number of nitrogens with one attached hydrogen (secondary N) is 1. The van der Waals surface area contributed by atoms with E-state index in [1.165, 1.54) is 18.2 Å². The zero-order valence-corrected chi connectivity index (χ0v) is 13.3. The van der Waals surface area contributed by atoms with Gasteiger partial charge in [0, 0.05) is 22.2 Å². The number of nitro groups is 1. The number of nitro benzene ring substituents is 1. The number of anilines is 1. The molecule has 0 bridgehead atoms. The number of hydrogen-bond acceptors (Lipinski definition) is 3. The molecule has 0 atom stereocenters. The summed E-state index contributed by atoms with van der Waals surface area (Å²) in [5.74, 6) is -0.265. The number of non-ortho nitro benzene ring substituents is 1. The minimum atomic E-state index is -0.489. The monoisotopic (exact) mass is 360 g/mol. The fraction of sp³-hybridized carbons (Fsp3) is 0.0625. The van der Waals surface area contributed by atoms with E-state index in [1.54, 1.807) is 13.0 Å². The van der Waals surface area contributed by atoms with Crippen LogP contribution in [0.4, 0.5) is 11.4 Å². The fourth-order valence-electron chi connectivity index (χ4n) is 1.80. The third-order valence-corrected chi connectivity index (χ3v) is 3.61. The number of nitrogens with zero attached hydrogens (tertiary/aromatic N) is 1. The van der Waals surface area contributed by atoms with Crippen LogP contribution < -0.4 is 5.32 Å². The Morgan fingerprint density at radius 3 is 2.50 bits per heavy atom. The molecule has 2 rings (SSSR count). The molecule has 2 aromatic carbocycles. The third-order valence-electron chi connectivity index (χ3n) is 2.95. The van der Waals surface area contributed by atoms with Crippen molar-refractivity contribution in [2.24, 2.45) is 0 Å². The number of rotatable bonds is 4. The molecular weight excluding hydrogens is 348 g/mol. The standard InChI is InChI=1S/C16H13BrN2O3/c1-11(9-12-5-3-2-4-6-12)16(20)18-15-8-7-13(19(21)22)10-14(15)17/h2-10H,1H3,(H,18,20)/b11-9-. The molecule has 112 valence electrons. The quantitative estimate of drug-likeness (QED) is 0.498. The number of amides is 1. The first-order valence-electron chi connectivity index (χ1n) is 6.46. The highest BCUT2D eigenvalue weighted by Crippen LogP contribution is 2.27. The van der Waals surface area contributed by atoms with E-state index >= 15 is 0 Å². The molecule has 0 saturated heterocycles. The highest BCUT2D eigenvalue weighted by atomic mass is 79.9. The predicted octanol–water partition coefficient (Wildman–Crippen LogP) is 4.40. The van der Waals surface area contributed by atoms with Crippen molar-refractivity contribution in [3.05, 3.63) is 74.3 Å². The van der Waals surface area contributed by atoms with Gasteiger partial charge in [0.25, 0.3) is 11.6 Å². The maximum Gasteiger partial charge on any atom is 0.270 e. The molecule has 0 aromatic heterocycles. The van der Waals surface area contributed by atoms with Gasteiger partial charge in [0.15, 0.2) is 0 Å². The lowest BCUT2D eigenvalue weighted by Gasteiger charge is -2.07. The molecule has 0 fully saturated rings. The van der Waals surface area contributed by atoms with Gasteiger partial charge in [0.1, 0.15) is 0 Å². The van der Waals surface area contributed by atoms with Crippen LogP contribution in [-0.4, -0.2) is 10.8 Å². The maximum absolute atomic E-state index is 12.2. The van der Waals surface area contributed by atoms with Crippen LogP contribution in [0, 0.1) is 10.1 Å². The molecule has 6 heteroatoms. The van der Waals surface area contributed by atoms with Gasteiger partial charge in [0.2, 0.25) is 0 Å². The minimum absolute atomic E-state index is 0.0403. The van der Waals surface area contributed by atoms with Gasteiger partial charge in [-0.15, -0.1) is 0 Å². The Morgan fingerprint density at radius 2 is 1.91 bits per heavy atom. The molecule has 0 unspecified atom stereocenters. The number of carbonyl (C=O) groups is 1. The summed E-state index contributed by atoms with van der Waals surface area (Å²) in [7, 11) is 0. The maximum atomic E-state index is 12.2. The van der Waals surface area contributed by atoms with Crippen LogP contribution in [0.25, 0.3) is 6.08 Å².